The summed E-state index contributed by atoms with van der Waals surface area (Å²) >= 11 is 17.6. The van der Waals surface area contributed by atoms with E-state index in [-0.39, 0.29) is 52.2 Å². The minimum atomic E-state index is -4.53. The second-order valence-electron chi connectivity index (χ2n) is 21.2. The summed E-state index contributed by atoms with van der Waals surface area (Å²) in [5.41, 5.74) is -1.25. The quantitative estimate of drug-likeness (QED) is 0.0206. The van der Waals surface area contributed by atoms with E-state index in [1.54, 1.807) is 26.0 Å². The molecule has 20 nitrogen and oxygen atoms in total. The molecular formula is C57H88Cl3FN3O17P. The van der Waals surface area contributed by atoms with E-state index in [2.05, 4.69) is 12.2 Å². The van der Waals surface area contributed by atoms with E-state index in [9.17, 15) is 37.7 Å². The predicted octanol–water partition coefficient (Wildman–Crippen LogP) is 12.7. The molecule has 466 valence electrons. The summed E-state index contributed by atoms with van der Waals surface area (Å²) in [7, 11) is -4.53. The van der Waals surface area contributed by atoms with Crippen molar-refractivity contribution in [1.82, 2.24) is 14.9 Å². The van der Waals surface area contributed by atoms with Gasteiger partial charge in [-0.3, -0.25) is 42.3 Å². The zero-order valence-electron chi connectivity index (χ0n) is 48.0. The minimum Gasteiger partial charge on any atom is -0.463 e. The molecule has 2 saturated heterocycles. The van der Waals surface area contributed by atoms with Gasteiger partial charge in [0.05, 0.1) is 19.4 Å². The van der Waals surface area contributed by atoms with E-state index < -0.39 is 102 Å². The van der Waals surface area contributed by atoms with Gasteiger partial charge in [-0.25, -0.2) is 14.2 Å². The third-order valence-corrected chi connectivity index (χ3v) is 15.3. The molecule has 1 aromatic heterocycles. The van der Waals surface area contributed by atoms with Gasteiger partial charge in [0.2, 0.25) is 9.61 Å². The summed E-state index contributed by atoms with van der Waals surface area (Å²) in [6.07, 6.45) is 19.5. The molecule has 2 N–H and O–H groups in total. The molecule has 0 radical (unpaired) electrons. The Morgan fingerprint density at radius 3 is 1.79 bits per heavy atom. The number of phosphoric acid groups is 1. The normalized spacial score (nSPS) is 18.6. The number of aromatic amines is 1. The summed E-state index contributed by atoms with van der Waals surface area (Å²) in [5, 5.41) is 2.48. The molecule has 6 atom stereocenters. The maximum atomic E-state index is 14.1. The Morgan fingerprint density at radius 2 is 1.23 bits per heavy atom. The van der Waals surface area contributed by atoms with E-state index in [1.807, 2.05) is 23.2 Å². The van der Waals surface area contributed by atoms with Crippen LogP contribution in [0.1, 0.15) is 200 Å². The van der Waals surface area contributed by atoms with Gasteiger partial charge in [0, 0.05) is 25.8 Å². The van der Waals surface area contributed by atoms with E-state index in [1.165, 1.54) is 57.8 Å². The second-order valence-corrected chi connectivity index (χ2v) is 25.4. The number of carbonyl (C=O) groups is 4. The van der Waals surface area contributed by atoms with Gasteiger partial charge in [-0.05, 0) is 38.7 Å². The van der Waals surface area contributed by atoms with E-state index in [0.29, 0.717) is 19.3 Å². The van der Waals surface area contributed by atoms with Crippen molar-refractivity contribution in [2.24, 2.45) is 0 Å². The summed E-state index contributed by atoms with van der Waals surface area (Å²) in [6.45, 7) is 3.27. The lowest BCUT2D eigenvalue weighted by atomic mass is 10.0. The molecular weight excluding hydrogens is 1150 g/mol. The fraction of sp³-hybridized carbons (Fsp3) is 0.754. The highest BCUT2D eigenvalue weighted by molar-refractivity contribution is 7.48. The number of nitrogens with zero attached hydrogens (tertiary/aromatic N) is 1. The predicted molar refractivity (Wildman–Crippen MR) is 307 cm³/mol. The number of hydrogen-bond acceptors (Lipinski definition) is 17. The lowest BCUT2D eigenvalue weighted by molar-refractivity contribution is -0.203. The lowest BCUT2D eigenvalue weighted by Gasteiger charge is -2.24. The van der Waals surface area contributed by atoms with Crippen molar-refractivity contribution in [1.29, 1.82) is 0 Å². The number of hydrogen-bond donors (Lipinski definition) is 2. The zero-order chi connectivity index (χ0) is 59.6. The smallest absolute Gasteiger partial charge is 0.463 e. The number of nitrogens with one attached hydrogen (secondary N) is 2. The van der Waals surface area contributed by atoms with Crippen LogP contribution < -0.4 is 16.6 Å². The summed E-state index contributed by atoms with van der Waals surface area (Å²) in [4.78, 5) is 76.8. The van der Waals surface area contributed by atoms with Crippen molar-refractivity contribution in [3.05, 3.63) is 68.7 Å². The number of aromatic nitrogens is 2. The topological polar surface area (TPSA) is 245 Å². The Hall–Kier alpha value is -3.63. The number of esters is 3. The number of halogens is 4. The molecule has 2 aliphatic rings. The van der Waals surface area contributed by atoms with Crippen LogP contribution >= 0.6 is 42.6 Å². The first-order chi connectivity index (χ1) is 39.3. The maximum Gasteiger partial charge on any atom is 0.475 e. The van der Waals surface area contributed by atoms with Gasteiger partial charge in [0.15, 0.2) is 18.1 Å². The molecule has 1 aromatic carbocycles. The third kappa shape index (κ3) is 29.9. The number of phosphoric ester groups is 1. The van der Waals surface area contributed by atoms with E-state index in [0.717, 1.165) is 87.0 Å². The van der Waals surface area contributed by atoms with Crippen LogP contribution in [0, 0.1) is 5.82 Å². The number of carbonyl (C=O) groups excluding carboxylic acids is 4. The SMILES string of the molecule is CCCCCCCCCCCCCCCC(=O)OCC(COP(=O)(OCCNC(=O)OCc1ccccc1)OCC(Cl)(Cl)Cl)OC(=O)CCCCCCCCCCCCC(=O)OC[C@H]1O[C@@H](n2cc(F)c(=O)[nH]c2=O)[C@@H]2OC(C)(C)O[C@@H]21. The van der Waals surface area contributed by atoms with Crippen LogP contribution in [0.5, 0.6) is 0 Å². The van der Waals surface area contributed by atoms with Crippen molar-refractivity contribution in [2.45, 2.75) is 235 Å². The van der Waals surface area contributed by atoms with E-state index >= 15 is 0 Å². The molecule has 25 heteroatoms. The van der Waals surface area contributed by atoms with Gasteiger partial charge in [0.1, 0.15) is 44.7 Å². The molecule has 2 aromatic rings. The molecule has 2 aliphatic heterocycles. The summed E-state index contributed by atoms with van der Waals surface area (Å²) in [6, 6.07) is 9.05. The van der Waals surface area contributed by atoms with Gasteiger partial charge >= 0.3 is 37.5 Å². The number of benzene rings is 1. The van der Waals surface area contributed by atoms with Crippen LogP contribution in [0.3, 0.4) is 0 Å². The van der Waals surface area contributed by atoms with Gasteiger partial charge < -0.3 is 38.5 Å². The number of amides is 1. The lowest BCUT2D eigenvalue weighted by Crippen LogP contribution is -2.38. The van der Waals surface area contributed by atoms with Gasteiger partial charge in [-0.2, -0.15) is 4.39 Å². The monoisotopic (exact) mass is 1240 g/mol. The maximum absolute atomic E-state index is 14.1. The van der Waals surface area contributed by atoms with Crippen LogP contribution in [0.25, 0.3) is 0 Å². The second kappa shape index (κ2) is 39.1. The highest BCUT2D eigenvalue weighted by Crippen LogP contribution is 2.51. The van der Waals surface area contributed by atoms with Crippen LogP contribution in [-0.2, 0) is 72.3 Å². The number of unbranched alkanes of at least 4 members (excludes halogenated alkanes) is 21. The van der Waals surface area contributed by atoms with E-state index in [4.69, 9.17) is 81.5 Å². The molecule has 2 fully saturated rings. The first-order valence-corrected chi connectivity index (χ1v) is 31.9. The van der Waals surface area contributed by atoms with Crippen LogP contribution in [-0.4, -0.2) is 107 Å². The van der Waals surface area contributed by atoms with Crippen LogP contribution in [0.15, 0.2) is 46.1 Å². The standard InChI is InChI=1S/C57H88Cl3FN3O17P/c1-4-5-6-7-8-9-10-11-12-15-18-21-27-32-47(65)72-39-44(40-76-82(71,77-42-57(58,59)60)75-36-35-62-55(70)74-38-43-30-25-24-26-31-43)78-49(67)34-29-23-20-17-14-13-16-19-22-28-33-48(66)73-41-46-50-51(81-56(2,3)80-50)53(79-46)64-37-45(61)52(68)63-54(64)69/h24-26,30-31,37,44,46,50-51,53H,4-23,27-29,32-36,38-42H2,1-3H3,(H,62,70)(H,63,68,69)/t44?,46-,50-,51-,53-,82?/m1/s1. The number of rotatable bonds is 44. The highest BCUT2D eigenvalue weighted by atomic mass is 35.6. The van der Waals surface area contributed by atoms with Gasteiger partial charge in [0.25, 0.3) is 5.56 Å². The van der Waals surface area contributed by atoms with Gasteiger partial charge in [-0.15, -0.1) is 0 Å². The average molecular weight is 1240 g/mol. The Bertz CT molecular complexity index is 2340. The minimum absolute atomic E-state index is 0.0278. The first kappa shape index (κ1) is 70.9. The fourth-order valence-electron chi connectivity index (χ4n) is 9.30. The number of alkyl halides is 3. The number of alkyl carbamates (subject to hydrolysis) is 1. The number of H-pyrrole nitrogens is 1. The molecule has 0 bridgehead atoms. The van der Waals surface area contributed by atoms with Crippen molar-refractivity contribution >= 4 is 66.6 Å². The Labute approximate surface area is 497 Å². The molecule has 4 rings (SSSR count). The van der Waals surface area contributed by atoms with Crippen LogP contribution in [0.2, 0.25) is 0 Å². The molecule has 0 aliphatic carbocycles. The van der Waals surface area contributed by atoms with Gasteiger partial charge in [-0.1, -0.05) is 200 Å². The third-order valence-electron chi connectivity index (χ3n) is 13.6. The fourth-order valence-corrected chi connectivity index (χ4v) is 10.9. The largest absolute Gasteiger partial charge is 0.475 e. The first-order valence-electron chi connectivity index (χ1n) is 29.3. The highest BCUT2D eigenvalue weighted by Gasteiger charge is 2.56. The van der Waals surface area contributed by atoms with Crippen molar-refractivity contribution < 1.29 is 74.9 Å². The molecule has 82 heavy (non-hydrogen) atoms. The van der Waals surface area contributed by atoms with Crippen molar-refractivity contribution in [3.63, 3.8) is 0 Å². The molecule has 3 heterocycles. The Kier molecular flexibility index (Phi) is 33.8. The molecule has 2 unspecified atom stereocenters. The zero-order valence-corrected chi connectivity index (χ0v) is 51.2. The van der Waals surface area contributed by atoms with Crippen LogP contribution in [0.4, 0.5) is 9.18 Å². The van der Waals surface area contributed by atoms with Crippen molar-refractivity contribution in [2.75, 3.05) is 39.6 Å². The Balaban J connectivity index is 1.12. The molecule has 1 amide bonds. The summed E-state index contributed by atoms with van der Waals surface area (Å²) < 4.78 is 82.8. The van der Waals surface area contributed by atoms with Crippen molar-refractivity contribution in [3.8, 4) is 0 Å². The Morgan fingerprint density at radius 1 is 0.707 bits per heavy atom. The molecule has 0 spiro atoms. The number of ether oxygens (including phenoxy) is 7. The number of fused-ring (bicyclic) bond motifs is 1. The summed E-state index contributed by atoms with van der Waals surface area (Å²) in [5.74, 6) is -3.67. The average Bonchev–Trinajstić information content (AvgIpc) is 4.19. The molecule has 0 saturated carbocycles.